The maximum absolute atomic E-state index is 13.4. The van der Waals surface area contributed by atoms with Crippen LogP contribution in [0.3, 0.4) is 0 Å². The first-order valence-corrected chi connectivity index (χ1v) is 4.93. The summed E-state index contributed by atoms with van der Waals surface area (Å²) in [7, 11) is 0. The molecule has 0 heterocycles. The van der Waals surface area contributed by atoms with E-state index in [2.05, 4.69) is 21.9 Å². The monoisotopic (exact) mass is 228 g/mol. The van der Waals surface area contributed by atoms with Gasteiger partial charge in [0.25, 0.3) is 0 Å². The largest absolute Gasteiger partial charge is 0.207 e. The minimum Gasteiger partial charge on any atom is -0.207 e. The van der Waals surface area contributed by atoms with E-state index in [9.17, 15) is 4.39 Å². The summed E-state index contributed by atoms with van der Waals surface area (Å²) in [5.74, 6) is 5.10. The van der Waals surface area contributed by atoms with Crippen LogP contribution in [0.1, 0.15) is 17.5 Å². The van der Waals surface area contributed by atoms with Crippen molar-refractivity contribution in [2.24, 2.45) is 5.11 Å². The van der Waals surface area contributed by atoms with E-state index in [1.54, 1.807) is 12.1 Å². The minimum atomic E-state index is -0.423. The number of azide groups is 1. The predicted octanol–water partition coefficient (Wildman–Crippen LogP) is 2.94. The summed E-state index contributed by atoms with van der Waals surface area (Å²) < 4.78 is 13.4. The van der Waals surface area contributed by atoms with E-state index >= 15 is 0 Å². The van der Waals surface area contributed by atoms with Crippen LogP contribution >= 0.6 is 0 Å². The van der Waals surface area contributed by atoms with Gasteiger partial charge in [0.2, 0.25) is 0 Å². The van der Waals surface area contributed by atoms with Gasteiger partial charge in [0.05, 0.1) is 12.5 Å². The molecule has 0 N–H and O–H groups in total. The molecule has 0 unspecified atom stereocenters. The van der Waals surface area contributed by atoms with Gasteiger partial charge in [0.15, 0.2) is 0 Å². The number of hydrogen-bond acceptors (Lipinski definition) is 2. The van der Waals surface area contributed by atoms with Gasteiger partial charge in [-0.25, -0.2) is 4.39 Å². The van der Waals surface area contributed by atoms with E-state index in [1.807, 2.05) is 6.07 Å². The third-order valence-electron chi connectivity index (χ3n) is 1.96. The molecule has 0 aliphatic rings. The summed E-state index contributed by atoms with van der Waals surface area (Å²) in [4.78, 5) is 2.59. The lowest BCUT2D eigenvalue weighted by molar-refractivity contribution is 0.615. The summed E-state index contributed by atoms with van der Waals surface area (Å²) in [5, 5.41) is 11.8. The molecule has 4 nitrogen and oxygen atoms in total. The number of halogens is 1. The molecule has 1 aromatic carbocycles. The molecular weight excluding hydrogens is 219 g/mol. The number of nitriles is 1. The molecule has 0 atom stereocenters. The molecule has 0 fully saturated rings. The Hall–Kier alpha value is -2.49. The van der Waals surface area contributed by atoms with Gasteiger partial charge in [0, 0.05) is 29.0 Å². The number of nitrogens with zero attached hydrogens (tertiary/aromatic N) is 4. The second kappa shape index (κ2) is 6.90. The van der Waals surface area contributed by atoms with Crippen molar-refractivity contribution in [1.29, 1.82) is 5.26 Å². The SMILES string of the molecule is N#CCc1ccc(C#CCCN=[N+]=[N-])cc1F. The molecule has 5 heteroatoms. The van der Waals surface area contributed by atoms with Gasteiger partial charge in [-0.05, 0) is 17.7 Å². The van der Waals surface area contributed by atoms with Crippen LogP contribution in [0.25, 0.3) is 10.4 Å². The van der Waals surface area contributed by atoms with Crippen molar-refractivity contribution in [3.63, 3.8) is 0 Å². The van der Waals surface area contributed by atoms with Crippen LogP contribution < -0.4 is 0 Å². The van der Waals surface area contributed by atoms with Crippen molar-refractivity contribution >= 4 is 0 Å². The van der Waals surface area contributed by atoms with Crippen LogP contribution in [-0.2, 0) is 6.42 Å². The number of rotatable bonds is 3. The molecule has 84 valence electrons. The molecule has 0 bridgehead atoms. The molecule has 0 amide bonds. The Kier molecular flexibility index (Phi) is 5.10. The van der Waals surface area contributed by atoms with Crippen molar-refractivity contribution in [3.05, 3.63) is 45.6 Å². The zero-order chi connectivity index (χ0) is 12.5. The highest BCUT2D eigenvalue weighted by molar-refractivity contribution is 5.37. The molecule has 1 aromatic rings. The molecule has 0 saturated heterocycles. The van der Waals surface area contributed by atoms with Crippen molar-refractivity contribution in [2.75, 3.05) is 6.54 Å². The average Bonchev–Trinajstić information content (AvgIpc) is 2.32. The summed E-state index contributed by atoms with van der Waals surface area (Å²) in [6, 6.07) is 6.40. The van der Waals surface area contributed by atoms with E-state index in [1.165, 1.54) is 6.07 Å². The molecule has 1 rings (SSSR count). The molecular formula is C12H9FN4. The summed E-state index contributed by atoms with van der Waals surface area (Å²) in [5.41, 5.74) is 8.95. The third-order valence-corrected chi connectivity index (χ3v) is 1.96. The Labute approximate surface area is 98.3 Å². The van der Waals surface area contributed by atoms with Gasteiger partial charge < -0.3 is 0 Å². The maximum Gasteiger partial charge on any atom is 0.128 e. The average molecular weight is 228 g/mol. The number of benzene rings is 1. The topological polar surface area (TPSA) is 72.5 Å². The highest BCUT2D eigenvalue weighted by Crippen LogP contribution is 2.10. The van der Waals surface area contributed by atoms with Crippen molar-refractivity contribution in [1.82, 2.24) is 0 Å². The quantitative estimate of drug-likeness (QED) is 0.258. The molecule has 0 aromatic heterocycles. The zero-order valence-electron chi connectivity index (χ0n) is 9.02. The molecule has 0 aliphatic carbocycles. The molecule has 0 saturated carbocycles. The Morgan fingerprint density at radius 3 is 2.94 bits per heavy atom. The van der Waals surface area contributed by atoms with Gasteiger partial charge in [0.1, 0.15) is 5.82 Å². The fraction of sp³-hybridized carbons (Fsp3) is 0.250. The van der Waals surface area contributed by atoms with Gasteiger partial charge in [-0.3, -0.25) is 0 Å². The highest BCUT2D eigenvalue weighted by atomic mass is 19.1. The summed E-state index contributed by atoms with van der Waals surface area (Å²) in [6.45, 7) is 0.304. The zero-order valence-corrected chi connectivity index (χ0v) is 9.02. The standard InChI is InChI=1S/C12H9FN4/c13-12-9-10(3-1-2-8-16-17-15)4-5-11(12)6-7-14/h4-5,9H,2,6,8H2. The Morgan fingerprint density at radius 1 is 1.47 bits per heavy atom. The Morgan fingerprint density at radius 2 is 2.29 bits per heavy atom. The first-order valence-electron chi connectivity index (χ1n) is 4.93. The van der Waals surface area contributed by atoms with E-state index in [4.69, 9.17) is 10.8 Å². The Balaban J connectivity index is 2.70. The number of hydrogen-bond donors (Lipinski definition) is 0. The summed E-state index contributed by atoms with van der Waals surface area (Å²) >= 11 is 0. The molecule has 17 heavy (non-hydrogen) atoms. The van der Waals surface area contributed by atoms with E-state index in [0.29, 0.717) is 24.1 Å². The van der Waals surface area contributed by atoms with Crippen LogP contribution in [0, 0.1) is 29.0 Å². The second-order valence-electron chi connectivity index (χ2n) is 3.15. The van der Waals surface area contributed by atoms with Crippen LogP contribution in [0.5, 0.6) is 0 Å². The van der Waals surface area contributed by atoms with Crippen LogP contribution in [0.4, 0.5) is 4.39 Å². The summed E-state index contributed by atoms with van der Waals surface area (Å²) in [6.07, 6.45) is 0.488. The van der Waals surface area contributed by atoms with Gasteiger partial charge in [-0.1, -0.05) is 23.0 Å². The van der Waals surface area contributed by atoms with Crippen molar-refractivity contribution in [3.8, 4) is 17.9 Å². The fourth-order valence-corrected chi connectivity index (χ4v) is 1.17. The Bertz CT molecular complexity index is 542. The maximum atomic E-state index is 13.4. The minimum absolute atomic E-state index is 0.0520. The van der Waals surface area contributed by atoms with E-state index < -0.39 is 5.82 Å². The van der Waals surface area contributed by atoms with Crippen molar-refractivity contribution < 1.29 is 4.39 Å². The van der Waals surface area contributed by atoms with Crippen molar-refractivity contribution in [2.45, 2.75) is 12.8 Å². The second-order valence-corrected chi connectivity index (χ2v) is 3.15. The van der Waals surface area contributed by atoms with Gasteiger partial charge in [-0.2, -0.15) is 5.26 Å². The van der Waals surface area contributed by atoms with E-state index in [-0.39, 0.29) is 6.42 Å². The van der Waals surface area contributed by atoms with Crippen LogP contribution in [-0.4, -0.2) is 6.54 Å². The fourth-order valence-electron chi connectivity index (χ4n) is 1.17. The lowest BCUT2D eigenvalue weighted by Gasteiger charge is -1.97. The first-order chi connectivity index (χ1) is 8.27. The molecule has 0 spiro atoms. The highest BCUT2D eigenvalue weighted by Gasteiger charge is 2.01. The lowest BCUT2D eigenvalue weighted by atomic mass is 10.1. The first kappa shape index (κ1) is 12.6. The molecule has 0 aliphatic heterocycles. The van der Waals surface area contributed by atoms with E-state index in [0.717, 1.165) is 0 Å². The van der Waals surface area contributed by atoms with Crippen LogP contribution in [0.15, 0.2) is 23.3 Å². The third kappa shape index (κ3) is 4.25. The smallest absolute Gasteiger partial charge is 0.128 e. The normalized spacial score (nSPS) is 8.47. The van der Waals surface area contributed by atoms with Gasteiger partial charge in [-0.15, -0.1) is 0 Å². The lowest BCUT2D eigenvalue weighted by Crippen LogP contribution is -1.89. The van der Waals surface area contributed by atoms with Gasteiger partial charge >= 0.3 is 0 Å². The predicted molar refractivity (Wildman–Crippen MR) is 61.2 cm³/mol. The van der Waals surface area contributed by atoms with Crippen LogP contribution in [0.2, 0.25) is 0 Å². The molecule has 0 radical (unpaired) electrons.